The number of oxime groups is 1. The maximum Gasteiger partial charge on any atom is 0.400 e. The number of amidine groups is 1. The first kappa shape index (κ1) is 17.0. The summed E-state index contributed by atoms with van der Waals surface area (Å²) < 4.78 is 38.1. The number of rotatable bonds is 6. The molecule has 5 N–H and O–H groups in total. The van der Waals surface area contributed by atoms with E-state index in [1.165, 1.54) is 0 Å². The molecule has 0 bridgehead atoms. The van der Waals surface area contributed by atoms with Crippen LogP contribution in [0.2, 0.25) is 0 Å². The highest BCUT2D eigenvalue weighted by atomic mass is 19.4. The lowest BCUT2D eigenvalue weighted by atomic mass is 9.79. The lowest BCUT2D eigenvalue weighted by molar-refractivity contribution is -0.155. The molecule has 1 fully saturated rings. The molecule has 5 nitrogen and oxygen atoms in total. The van der Waals surface area contributed by atoms with Crippen LogP contribution in [-0.2, 0) is 0 Å². The first-order valence-corrected chi connectivity index (χ1v) is 6.75. The van der Waals surface area contributed by atoms with E-state index in [9.17, 15) is 18.3 Å². The molecule has 0 radical (unpaired) electrons. The van der Waals surface area contributed by atoms with E-state index in [0.29, 0.717) is 6.54 Å². The maximum absolute atomic E-state index is 12.7. The van der Waals surface area contributed by atoms with Crippen molar-refractivity contribution in [3.05, 3.63) is 0 Å². The van der Waals surface area contributed by atoms with Gasteiger partial charge in [-0.25, -0.2) is 0 Å². The monoisotopic (exact) mass is 297 g/mol. The Bertz CT molecular complexity index is 324. The van der Waals surface area contributed by atoms with Gasteiger partial charge in [-0.1, -0.05) is 18.0 Å². The topological polar surface area (TPSA) is 90.9 Å². The number of halogens is 3. The molecule has 1 aliphatic carbocycles. The molecule has 0 aromatic heterocycles. The lowest BCUT2D eigenvalue weighted by Crippen LogP contribution is -2.44. The van der Waals surface area contributed by atoms with E-state index in [-0.39, 0.29) is 18.4 Å². The molecule has 0 spiro atoms. The Labute approximate surface area is 116 Å². The fourth-order valence-corrected chi connectivity index (χ4v) is 2.66. The van der Waals surface area contributed by atoms with Crippen LogP contribution in [0.25, 0.3) is 0 Å². The van der Waals surface area contributed by atoms with Gasteiger partial charge in [0.25, 0.3) is 0 Å². The van der Waals surface area contributed by atoms with Crippen molar-refractivity contribution in [2.45, 2.75) is 31.9 Å². The van der Waals surface area contributed by atoms with Crippen LogP contribution in [0.1, 0.15) is 25.7 Å². The minimum absolute atomic E-state index is 0.0648. The summed E-state index contributed by atoms with van der Waals surface area (Å²) in [6.07, 6.45) is -0.653. The van der Waals surface area contributed by atoms with Crippen LogP contribution < -0.4 is 11.1 Å². The Morgan fingerprint density at radius 3 is 2.40 bits per heavy atom. The van der Waals surface area contributed by atoms with Gasteiger partial charge in [-0.3, -0.25) is 0 Å². The zero-order valence-electron chi connectivity index (χ0n) is 11.2. The molecule has 3 atom stereocenters. The molecule has 1 aliphatic rings. The van der Waals surface area contributed by atoms with Crippen LogP contribution in [0.3, 0.4) is 0 Å². The van der Waals surface area contributed by atoms with Crippen molar-refractivity contribution < 1.29 is 23.5 Å². The lowest BCUT2D eigenvalue weighted by Gasteiger charge is -2.31. The van der Waals surface area contributed by atoms with E-state index in [2.05, 4.69) is 10.5 Å². The molecule has 1 saturated carbocycles. The molecule has 0 amide bonds. The second-order valence-electron chi connectivity index (χ2n) is 5.26. The predicted octanol–water partition coefficient (Wildman–Crippen LogP) is 1.30. The van der Waals surface area contributed by atoms with Crippen LogP contribution in [-0.4, -0.2) is 42.0 Å². The van der Waals surface area contributed by atoms with E-state index in [1.54, 1.807) is 0 Å². The van der Waals surface area contributed by atoms with Crippen molar-refractivity contribution >= 4 is 5.84 Å². The molecule has 20 heavy (non-hydrogen) atoms. The van der Waals surface area contributed by atoms with E-state index >= 15 is 0 Å². The minimum Gasteiger partial charge on any atom is -0.409 e. The summed E-state index contributed by atoms with van der Waals surface area (Å²) in [6.45, 7) is 0.0415. The van der Waals surface area contributed by atoms with Gasteiger partial charge in [0.05, 0.1) is 0 Å². The van der Waals surface area contributed by atoms with Crippen molar-refractivity contribution in [1.82, 2.24) is 5.32 Å². The molecule has 118 valence electrons. The first-order chi connectivity index (χ1) is 9.40. The summed E-state index contributed by atoms with van der Waals surface area (Å²) >= 11 is 0. The van der Waals surface area contributed by atoms with E-state index in [0.717, 1.165) is 25.7 Å². The molecule has 0 heterocycles. The Kier molecular flexibility index (Phi) is 6.54. The molecule has 1 rings (SSSR count). The molecule has 3 unspecified atom stereocenters. The highest BCUT2D eigenvalue weighted by Gasteiger charge is 2.42. The van der Waals surface area contributed by atoms with E-state index in [4.69, 9.17) is 10.9 Å². The smallest absolute Gasteiger partial charge is 0.400 e. The van der Waals surface area contributed by atoms with Gasteiger partial charge in [0.1, 0.15) is 5.92 Å². The molecule has 0 aliphatic heterocycles. The second-order valence-corrected chi connectivity index (χ2v) is 5.26. The summed E-state index contributed by atoms with van der Waals surface area (Å²) in [5.74, 6) is -2.52. The summed E-state index contributed by atoms with van der Waals surface area (Å²) in [7, 11) is 0. The third-order valence-corrected chi connectivity index (χ3v) is 3.92. The van der Waals surface area contributed by atoms with Gasteiger partial charge in [0, 0.05) is 13.2 Å². The van der Waals surface area contributed by atoms with Gasteiger partial charge in [-0.05, 0) is 31.2 Å². The van der Waals surface area contributed by atoms with E-state index < -0.39 is 24.5 Å². The number of hydrogen-bond donors (Lipinski definition) is 4. The zero-order chi connectivity index (χ0) is 15.2. The van der Waals surface area contributed by atoms with Crippen LogP contribution in [0.4, 0.5) is 13.2 Å². The number of nitrogens with one attached hydrogen (secondary N) is 1. The quantitative estimate of drug-likeness (QED) is 0.257. The third-order valence-electron chi connectivity index (χ3n) is 3.92. The molecule has 0 saturated heterocycles. The summed E-state index contributed by atoms with van der Waals surface area (Å²) in [4.78, 5) is 0. The number of aliphatic hydroxyl groups is 1. The Balaban J connectivity index is 2.48. The second kappa shape index (κ2) is 7.68. The highest BCUT2D eigenvalue weighted by Crippen LogP contribution is 2.30. The van der Waals surface area contributed by atoms with Crippen molar-refractivity contribution in [1.29, 1.82) is 0 Å². The van der Waals surface area contributed by atoms with Crippen LogP contribution in [0.15, 0.2) is 5.16 Å². The average Bonchev–Trinajstić information content (AvgIpc) is 2.41. The Morgan fingerprint density at radius 1 is 1.30 bits per heavy atom. The SMILES string of the molecule is NC(=NO)C(CNCC1CCCCC1CO)C(F)(F)F. The first-order valence-electron chi connectivity index (χ1n) is 6.75. The van der Waals surface area contributed by atoms with Crippen molar-refractivity contribution in [3.63, 3.8) is 0 Å². The van der Waals surface area contributed by atoms with Crippen LogP contribution in [0, 0.1) is 17.8 Å². The van der Waals surface area contributed by atoms with E-state index in [1.807, 2.05) is 0 Å². The molecule has 0 aromatic rings. The summed E-state index contributed by atoms with van der Waals surface area (Å²) in [5.41, 5.74) is 5.08. The number of aliphatic hydroxyl groups excluding tert-OH is 1. The molecule has 0 aromatic carbocycles. The van der Waals surface area contributed by atoms with Crippen molar-refractivity contribution in [2.24, 2.45) is 28.6 Å². The van der Waals surface area contributed by atoms with Gasteiger partial charge in [-0.15, -0.1) is 0 Å². The number of nitrogens with zero attached hydrogens (tertiary/aromatic N) is 1. The van der Waals surface area contributed by atoms with Crippen molar-refractivity contribution in [2.75, 3.05) is 19.7 Å². The summed E-state index contributed by atoms with van der Waals surface area (Å²) in [6, 6.07) is 0. The predicted molar refractivity (Wildman–Crippen MR) is 68.4 cm³/mol. The van der Waals surface area contributed by atoms with Gasteiger partial charge >= 0.3 is 6.18 Å². The van der Waals surface area contributed by atoms with Gasteiger partial charge in [-0.2, -0.15) is 13.2 Å². The minimum atomic E-state index is -4.55. The molecule has 8 heteroatoms. The Hall–Kier alpha value is -1.02. The highest BCUT2D eigenvalue weighted by molar-refractivity contribution is 5.83. The van der Waals surface area contributed by atoms with Gasteiger partial charge < -0.3 is 21.4 Å². The Morgan fingerprint density at radius 2 is 1.90 bits per heavy atom. The fourth-order valence-electron chi connectivity index (χ4n) is 2.66. The maximum atomic E-state index is 12.7. The largest absolute Gasteiger partial charge is 0.409 e. The van der Waals surface area contributed by atoms with Gasteiger partial charge in [0.2, 0.25) is 0 Å². The number of hydrogen-bond acceptors (Lipinski definition) is 4. The fraction of sp³-hybridized carbons (Fsp3) is 0.917. The molecular formula is C12H22F3N3O2. The number of nitrogens with two attached hydrogens (primary N) is 1. The van der Waals surface area contributed by atoms with Crippen molar-refractivity contribution in [3.8, 4) is 0 Å². The molecular weight excluding hydrogens is 275 g/mol. The van der Waals surface area contributed by atoms with Crippen LogP contribution >= 0.6 is 0 Å². The average molecular weight is 297 g/mol. The van der Waals surface area contributed by atoms with Gasteiger partial charge in [0.15, 0.2) is 5.84 Å². The third kappa shape index (κ3) is 4.82. The number of alkyl halides is 3. The zero-order valence-corrected chi connectivity index (χ0v) is 11.2. The summed E-state index contributed by atoms with van der Waals surface area (Å²) in [5, 5.41) is 22.8. The van der Waals surface area contributed by atoms with Crippen LogP contribution in [0.5, 0.6) is 0 Å². The normalized spacial score (nSPS) is 26.5. The standard InChI is InChI=1S/C12H22F3N3O2/c13-12(14,15)10(11(16)18-20)6-17-5-8-3-1-2-4-9(8)7-19/h8-10,17,19-20H,1-7H2,(H2,16,18).